The topological polar surface area (TPSA) is 55.3 Å². The maximum absolute atomic E-state index is 4.90. The Balaban J connectivity index is 2.54. The molecule has 0 radical (unpaired) electrons. The SMILES string of the molecule is CCN(N)N. The summed E-state index contributed by atoms with van der Waals surface area (Å²) in [6.07, 6.45) is 0. The van der Waals surface area contributed by atoms with Crippen LogP contribution in [-0.2, 0) is 0 Å². The molecule has 3 heteroatoms. The molecule has 0 unspecified atom stereocenters. The van der Waals surface area contributed by atoms with Crippen LogP contribution in [0.1, 0.15) is 6.92 Å². The van der Waals surface area contributed by atoms with Gasteiger partial charge in [-0.25, -0.2) is 0 Å². The van der Waals surface area contributed by atoms with E-state index in [2.05, 4.69) is 0 Å². The smallest absolute Gasteiger partial charge is 0.0254 e. The van der Waals surface area contributed by atoms with Crippen LogP contribution in [0.5, 0.6) is 0 Å². The summed E-state index contributed by atoms with van der Waals surface area (Å²) < 4.78 is 0. The summed E-state index contributed by atoms with van der Waals surface area (Å²) >= 11 is 0. The van der Waals surface area contributed by atoms with Crippen molar-refractivity contribution in [3.05, 3.63) is 0 Å². The molecule has 0 saturated heterocycles. The molecule has 0 aliphatic carbocycles. The monoisotopic (exact) mass is 75.1 g/mol. The molecular formula is C2H9N3. The van der Waals surface area contributed by atoms with E-state index < -0.39 is 0 Å². The molecule has 0 aromatic rings. The third-order valence-electron chi connectivity index (χ3n) is 0.365. The van der Waals surface area contributed by atoms with Gasteiger partial charge in [-0.05, 0) is 6.92 Å². The van der Waals surface area contributed by atoms with Gasteiger partial charge in [0.1, 0.15) is 0 Å². The molecule has 0 saturated carbocycles. The second-order valence-electron chi connectivity index (χ2n) is 0.830. The Morgan fingerprint density at radius 3 is 1.80 bits per heavy atom. The van der Waals surface area contributed by atoms with Gasteiger partial charge in [0.05, 0.1) is 0 Å². The Kier molecular flexibility index (Phi) is 2.09. The van der Waals surface area contributed by atoms with Gasteiger partial charge in [0, 0.05) is 6.54 Å². The minimum Gasteiger partial charge on any atom is -0.255 e. The highest BCUT2D eigenvalue weighted by atomic mass is 15.6. The predicted octanol–water partition coefficient (Wildman–Crippen LogP) is -0.944. The van der Waals surface area contributed by atoms with Crippen molar-refractivity contribution in [1.29, 1.82) is 0 Å². The van der Waals surface area contributed by atoms with Crippen molar-refractivity contribution in [2.45, 2.75) is 6.92 Å². The zero-order chi connectivity index (χ0) is 4.28. The van der Waals surface area contributed by atoms with Crippen LogP contribution in [0.4, 0.5) is 0 Å². The van der Waals surface area contributed by atoms with Crippen LogP contribution in [0.15, 0.2) is 0 Å². The zero-order valence-electron chi connectivity index (χ0n) is 3.31. The minimum atomic E-state index is 0.694. The van der Waals surface area contributed by atoms with Crippen LogP contribution in [0.25, 0.3) is 0 Å². The summed E-state index contributed by atoms with van der Waals surface area (Å²) in [6.45, 7) is 2.57. The van der Waals surface area contributed by atoms with Gasteiger partial charge in [-0.15, -0.1) is 0 Å². The average molecular weight is 75.1 g/mol. The van der Waals surface area contributed by atoms with Crippen LogP contribution >= 0.6 is 0 Å². The van der Waals surface area contributed by atoms with E-state index in [0.717, 1.165) is 5.12 Å². The number of hydrogen-bond acceptors (Lipinski definition) is 3. The fourth-order valence-corrected chi connectivity index (χ4v) is 0. The Hall–Kier alpha value is -0.120. The Labute approximate surface area is 31.5 Å². The van der Waals surface area contributed by atoms with E-state index in [-0.39, 0.29) is 0 Å². The molecule has 0 rings (SSSR count). The first-order valence-corrected chi connectivity index (χ1v) is 1.54. The van der Waals surface area contributed by atoms with E-state index in [1.165, 1.54) is 0 Å². The fourth-order valence-electron chi connectivity index (χ4n) is 0. The van der Waals surface area contributed by atoms with Crippen molar-refractivity contribution < 1.29 is 0 Å². The lowest BCUT2D eigenvalue weighted by molar-refractivity contribution is 0.311. The number of nitrogens with zero attached hydrogens (tertiary/aromatic N) is 1. The van der Waals surface area contributed by atoms with E-state index in [1.54, 1.807) is 0 Å². The fraction of sp³-hybridized carbons (Fsp3) is 1.00. The average Bonchev–Trinajstić information content (AvgIpc) is 1.38. The Bertz CT molecular complexity index is 18.9. The van der Waals surface area contributed by atoms with Crippen molar-refractivity contribution in [3.8, 4) is 0 Å². The van der Waals surface area contributed by atoms with Crippen molar-refractivity contribution >= 4 is 0 Å². The maximum Gasteiger partial charge on any atom is 0.0254 e. The van der Waals surface area contributed by atoms with Gasteiger partial charge in [-0.3, -0.25) is 11.7 Å². The highest BCUT2D eigenvalue weighted by Gasteiger charge is 1.72. The normalized spacial score (nSPS) is 9.60. The van der Waals surface area contributed by atoms with Crippen LogP contribution < -0.4 is 11.7 Å². The molecular weight excluding hydrogens is 66.0 g/mol. The summed E-state index contributed by atoms with van der Waals surface area (Å²) in [6, 6.07) is 0. The predicted molar refractivity (Wildman–Crippen MR) is 20.8 cm³/mol. The van der Waals surface area contributed by atoms with Gasteiger partial charge >= 0.3 is 0 Å². The summed E-state index contributed by atoms with van der Waals surface area (Å²) in [7, 11) is 0. The van der Waals surface area contributed by atoms with Gasteiger partial charge < -0.3 is 0 Å². The first kappa shape index (κ1) is 4.88. The maximum atomic E-state index is 4.90. The molecule has 0 amide bonds. The molecule has 0 fully saturated rings. The van der Waals surface area contributed by atoms with Crippen LogP contribution in [0, 0.1) is 0 Å². The van der Waals surface area contributed by atoms with Gasteiger partial charge in [-0.1, -0.05) is 0 Å². The molecule has 4 N–H and O–H groups in total. The number of hydrazine groups is 2. The van der Waals surface area contributed by atoms with Crippen LogP contribution in [0.2, 0.25) is 0 Å². The molecule has 0 aliphatic rings. The lowest BCUT2D eigenvalue weighted by Crippen LogP contribution is -2.37. The molecule has 0 heterocycles. The number of hydrogen-bond donors (Lipinski definition) is 2. The summed E-state index contributed by atoms with van der Waals surface area (Å²) in [5, 5.41) is 1.12. The number of rotatable bonds is 1. The first-order chi connectivity index (χ1) is 2.27. The largest absolute Gasteiger partial charge is 0.255 e. The summed E-state index contributed by atoms with van der Waals surface area (Å²) in [5.41, 5.74) is 0. The minimum absolute atomic E-state index is 0.694. The molecule has 0 bridgehead atoms. The van der Waals surface area contributed by atoms with E-state index in [1.807, 2.05) is 6.92 Å². The van der Waals surface area contributed by atoms with E-state index in [9.17, 15) is 0 Å². The zero-order valence-corrected chi connectivity index (χ0v) is 3.31. The highest BCUT2D eigenvalue weighted by molar-refractivity contribution is 4.16. The van der Waals surface area contributed by atoms with E-state index >= 15 is 0 Å². The molecule has 3 nitrogen and oxygen atoms in total. The summed E-state index contributed by atoms with van der Waals surface area (Å²) in [5.74, 6) is 9.81. The molecule has 0 spiro atoms. The molecule has 5 heavy (non-hydrogen) atoms. The molecule has 0 aromatic heterocycles. The lowest BCUT2D eigenvalue weighted by Gasteiger charge is -2.00. The van der Waals surface area contributed by atoms with Crippen LogP contribution in [0.3, 0.4) is 0 Å². The van der Waals surface area contributed by atoms with Crippen LogP contribution in [-0.4, -0.2) is 11.7 Å². The molecule has 0 aromatic carbocycles. The van der Waals surface area contributed by atoms with Gasteiger partial charge in [0.15, 0.2) is 0 Å². The standard InChI is InChI=1S/C2H9N3/c1-2-5(3)4/h2-4H2,1H3. The first-order valence-electron chi connectivity index (χ1n) is 1.54. The number of nitrogens with two attached hydrogens (primary N) is 2. The van der Waals surface area contributed by atoms with Crippen molar-refractivity contribution in [3.63, 3.8) is 0 Å². The quantitative estimate of drug-likeness (QED) is 0.312. The van der Waals surface area contributed by atoms with Gasteiger partial charge in [-0.2, -0.15) is 5.12 Å². The third kappa shape index (κ3) is 3.88. The van der Waals surface area contributed by atoms with E-state index in [4.69, 9.17) is 11.7 Å². The molecule has 32 valence electrons. The Morgan fingerprint density at radius 2 is 1.80 bits per heavy atom. The lowest BCUT2D eigenvalue weighted by atomic mass is 10.8. The van der Waals surface area contributed by atoms with Crippen molar-refractivity contribution in [2.24, 2.45) is 11.7 Å². The Morgan fingerprint density at radius 1 is 1.60 bits per heavy atom. The molecule has 0 aliphatic heterocycles. The third-order valence-corrected chi connectivity index (χ3v) is 0.365. The van der Waals surface area contributed by atoms with Gasteiger partial charge in [0.2, 0.25) is 0 Å². The second kappa shape index (κ2) is 2.14. The van der Waals surface area contributed by atoms with Crippen molar-refractivity contribution in [2.75, 3.05) is 6.54 Å². The highest BCUT2D eigenvalue weighted by Crippen LogP contribution is 1.51. The molecule has 0 atom stereocenters. The summed E-state index contributed by atoms with van der Waals surface area (Å²) in [4.78, 5) is 0. The van der Waals surface area contributed by atoms with E-state index in [0.29, 0.717) is 6.54 Å². The van der Waals surface area contributed by atoms with Gasteiger partial charge in [0.25, 0.3) is 0 Å². The van der Waals surface area contributed by atoms with Crippen molar-refractivity contribution in [1.82, 2.24) is 5.12 Å². The second-order valence-corrected chi connectivity index (χ2v) is 0.830.